The first-order chi connectivity index (χ1) is 6.91. The van der Waals surface area contributed by atoms with Crippen LogP contribution in [0.25, 0.3) is 0 Å². The number of aromatic nitrogens is 2. The Labute approximate surface area is 104 Å². The molecule has 0 bridgehead atoms. The molecule has 0 aromatic carbocycles. The highest BCUT2D eigenvalue weighted by molar-refractivity contribution is 8.00. The Balaban J connectivity index is 3.10. The predicted molar refractivity (Wildman–Crippen MR) is 67.4 cm³/mol. The van der Waals surface area contributed by atoms with Gasteiger partial charge in [-0.2, -0.15) is 9.97 Å². The summed E-state index contributed by atoms with van der Waals surface area (Å²) in [4.78, 5) is 10.8. The number of anilines is 1. The van der Waals surface area contributed by atoms with E-state index in [1.165, 1.54) is 0 Å². The van der Waals surface area contributed by atoms with Crippen LogP contribution in [0.2, 0.25) is 10.3 Å². The van der Waals surface area contributed by atoms with Crippen LogP contribution in [-0.4, -0.2) is 29.3 Å². The maximum absolute atomic E-state index is 6.04. The zero-order chi connectivity index (χ0) is 11.6. The largest absolute Gasteiger partial charge is 0.347 e. The van der Waals surface area contributed by atoms with Crippen LogP contribution in [-0.2, 0) is 0 Å². The highest BCUT2D eigenvalue weighted by Crippen LogP contribution is 2.35. The Kier molecular flexibility index (Phi) is 4.49. The first kappa shape index (κ1) is 12.9. The molecule has 1 rings (SSSR count). The summed E-state index contributed by atoms with van der Waals surface area (Å²) in [5, 5.41) is 1.23. The summed E-state index contributed by atoms with van der Waals surface area (Å²) in [7, 11) is 3.69. The van der Waals surface area contributed by atoms with Crippen molar-refractivity contribution >= 4 is 40.9 Å². The van der Waals surface area contributed by atoms with E-state index in [0.29, 0.717) is 21.5 Å². The zero-order valence-electron chi connectivity index (χ0n) is 9.08. The number of halogens is 2. The van der Waals surface area contributed by atoms with Crippen molar-refractivity contribution in [3.05, 3.63) is 10.3 Å². The van der Waals surface area contributed by atoms with Crippen molar-refractivity contribution in [2.45, 2.75) is 24.0 Å². The third-order valence-electron chi connectivity index (χ3n) is 1.52. The first-order valence-corrected chi connectivity index (χ1v) is 6.12. The molecule has 3 nitrogen and oxygen atoms in total. The Morgan fingerprint density at radius 2 is 1.60 bits per heavy atom. The van der Waals surface area contributed by atoms with E-state index in [2.05, 4.69) is 23.8 Å². The summed E-state index contributed by atoms with van der Waals surface area (Å²) in [6.07, 6.45) is 0. The molecule has 0 atom stereocenters. The lowest BCUT2D eigenvalue weighted by Gasteiger charge is -2.13. The van der Waals surface area contributed by atoms with Gasteiger partial charge in [-0.1, -0.05) is 37.0 Å². The second-order valence-corrected chi connectivity index (χ2v) is 5.80. The van der Waals surface area contributed by atoms with Gasteiger partial charge in [0.2, 0.25) is 5.95 Å². The topological polar surface area (TPSA) is 29.0 Å². The van der Waals surface area contributed by atoms with Crippen molar-refractivity contribution < 1.29 is 0 Å². The minimum absolute atomic E-state index is 0.397. The Morgan fingerprint density at radius 3 is 1.93 bits per heavy atom. The van der Waals surface area contributed by atoms with E-state index in [1.54, 1.807) is 16.7 Å². The predicted octanol–water partition coefficient (Wildman–Crippen LogP) is 3.35. The molecule has 1 aromatic rings. The first-order valence-electron chi connectivity index (χ1n) is 4.48. The van der Waals surface area contributed by atoms with E-state index in [9.17, 15) is 0 Å². The van der Waals surface area contributed by atoms with E-state index in [1.807, 2.05) is 14.1 Å². The summed E-state index contributed by atoms with van der Waals surface area (Å²) < 4.78 is 0. The summed E-state index contributed by atoms with van der Waals surface area (Å²) in [6.45, 7) is 4.13. The molecule has 0 unspecified atom stereocenters. The van der Waals surface area contributed by atoms with E-state index in [-0.39, 0.29) is 0 Å². The van der Waals surface area contributed by atoms with Gasteiger partial charge in [-0.15, -0.1) is 11.8 Å². The van der Waals surface area contributed by atoms with Crippen LogP contribution in [0, 0.1) is 0 Å². The van der Waals surface area contributed by atoms with Gasteiger partial charge in [-0.25, -0.2) is 0 Å². The van der Waals surface area contributed by atoms with E-state index in [4.69, 9.17) is 23.2 Å². The molecule has 0 radical (unpaired) electrons. The fraction of sp³-hybridized carbons (Fsp3) is 0.556. The average molecular weight is 266 g/mol. The normalized spacial score (nSPS) is 10.9. The van der Waals surface area contributed by atoms with Crippen molar-refractivity contribution in [2.24, 2.45) is 0 Å². The van der Waals surface area contributed by atoms with Gasteiger partial charge < -0.3 is 4.90 Å². The molecule has 15 heavy (non-hydrogen) atoms. The van der Waals surface area contributed by atoms with Gasteiger partial charge in [0.15, 0.2) is 0 Å². The molecule has 0 amide bonds. The highest BCUT2D eigenvalue weighted by atomic mass is 35.5. The van der Waals surface area contributed by atoms with Crippen LogP contribution in [0.3, 0.4) is 0 Å². The number of nitrogens with zero attached hydrogens (tertiary/aromatic N) is 3. The highest BCUT2D eigenvalue weighted by Gasteiger charge is 2.14. The molecule has 0 N–H and O–H groups in total. The summed E-state index contributed by atoms with van der Waals surface area (Å²) in [5.41, 5.74) is 0. The fourth-order valence-corrected chi connectivity index (χ4v) is 2.32. The molecule has 0 spiro atoms. The average Bonchev–Trinajstić information content (AvgIpc) is 2.10. The van der Waals surface area contributed by atoms with Crippen LogP contribution in [0.1, 0.15) is 13.8 Å². The number of hydrogen-bond donors (Lipinski definition) is 0. The molecule has 84 valence electrons. The van der Waals surface area contributed by atoms with E-state index >= 15 is 0 Å². The maximum Gasteiger partial charge on any atom is 0.227 e. The van der Waals surface area contributed by atoms with E-state index in [0.717, 1.165) is 4.90 Å². The lowest BCUT2D eigenvalue weighted by atomic mass is 10.6. The summed E-state index contributed by atoms with van der Waals surface area (Å²) in [6, 6.07) is 0. The van der Waals surface area contributed by atoms with Crippen LogP contribution < -0.4 is 4.90 Å². The number of rotatable bonds is 3. The van der Waals surface area contributed by atoms with Crippen molar-refractivity contribution in [3.63, 3.8) is 0 Å². The Hall–Kier alpha value is -0.190. The standard InChI is InChI=1S/C9H13Cl2N3S/c1-5(2)15-6-7(10)12-9(14(3)4)13-8(6)11/h5H,1-4H3. The van der Waals surface area contributed by atoms with Gasteiger partial charge >= 0.3 is 0 Å². The van der Waals surface area contributed by atoms with Gasteiger partial charge in [0.1, 0.15) is 10.3 Å². The monoisotopic (exact) mass is 265 g/mol. The van der Waals surface area contributed by atoms with Gasteiger partial charge in [0.25, 0.3) is 0 Å². The molecule has 1 heterocycles. The Morgan fingerprint density at radius 1 is 1.13 bits per heavy atom. The molecule has 0 fully saturated rings. The van der Waals surface area contributed by atoms with Crippen LogP contribution in [0.4, 0.5) is 5.95 Å². The molecule has 0 saturated heterocycles. The summed E-state index contributed by atoms with van der Waals surface area (Å²) >= 11 is 13.6. The van der Waals surface area contributed by atoms with E-state index < -0.39 is 0 Å². The molecule has 0 aliphatic heterocycles. The second kappa shape index (κ2) is 5.23. The molecule has 0 aliphatic carbocycles. The Bertz CT molecular complexity index is 332. The third kappa shape index (κ3) is 3.40. The zero-order valence-corrected chi connectivity index (χ0v) is 11.4. The molecule has 6 heteroatoms. The van der Waals surface area contributed by atoms with Crippen LogP contribution in [0.15, 0.2) is 4.90 Å². The molecule has 0 saturated carbocycles. The molecular weight excluding hydrogens is 253 g/mol. The lowest BCUT2D eigenvalue weighted by Crippen LogP contribution is -2.13. The number of thioether (sulfide) groups is 1. The minimum atomic E-state index is 0.397. The lowest BCUT2D eigenvalue weighted by molar-refractivity contribution is 0.974. The molecular formula is C9H13Cl2N3S. The quantitative estimate of drug-likeness (QED) is 0.619. The second-order valence-electron chi connectivity index (χ2n) is 3.50. The molecule has 1 aromatic heterocycles. The third-order valence-corrected chi connectivity index (χ3v) is 3.39. The summed E-state index contributed by atoms with van der Waals surface area (Å²) in [5.74, 6) is 0.526. The van der Waals surface area contributed by atoms with Crippen molar-refractivity contribution in [1.29, 1.82) is 0 Å². The van der Waals surface area contributed by atoms with Gasteiger partial charge in [-0.3, -0.25) is 0 Å². The smallest absolute Gasteiger partial charge is 0.227 e. The maximum atomic E-state index is 6.04. The van der Waals surface area contributed by atoms with Crippen LogP contribution in [0.5, 0.6) is 0 Å². The van der Waals surface area contributed by atoms with Gasteiger partial charge in [-0.05, 0) is 0 Å². The van der Waals surface area contributed by atoms with Crippen molar-refractivity contribution in [3.8, 4) is 0 Å². The van der Waals surface area contributed by atoms with Gasteiger partial charge in [0.05, 0.1) is 4.90 Å². The SMILES string of the molecule is CC(C)Sc1c(Cl)nc(N(C)C)nc1Cl. The van der Waals surface area contributed by atoms with Crippen molar-refractivity contribution in [2.75, 3.05) is 19.0 Å². The fourth-order valence-electron chi connectivity index (χ4n) is 0.920. The van der Waals surface area contributed by atoms with Crippen molar-refractivity contribution in [1.82, 2.24) is 9.97 Å². The minimum Gasteiger partial charge on any atom is -0.347 e. The van der Waals surface area contributed by atoms with Crippen LogP contribution >= 0.6 is 35.0 Å². The van der Waals surface area contributed by atoms with Gasteiger partial charge in [0, 0.05) is 19.3 Å². The molecule has 0 aliphatic rings. The number of hydrogen-bond acceptors (Lipinski definition) is 4.